The lowest BCUT2D eigenvalue weighted by Gasteiger charge is -2.03. The summed E-state index contributed by atoms with van der Waals surface area (Å²) in [6.07, 6.45) is 3.76. The molecule has 0 atom stereocenters. The van der Waals surface area contributed by atoms with Crippen LogP contribution in [0.2, 0.25) is 0 Å². The highest BCUT2D eigenvalue weighted by atomic mass is 32.1. The van der Waals surface area contributed by atoms with E-state index in [2.05, 4.69) is 17.4 Å². The molecular weight excluding hydrogens is 260 g/mol. The number of hydrogen-bond acceptors (Lipinski definition) is 4. The fourth-order valence-electron chi connectivity index (χ4n) is 1.35. The topological polar surface area (TPSA) is 42.9 Å². The smallest absolute Gasteiger partial charge is 0.142 e. The zero-order valence-corrected chi connectivity index (χ0v) is 12.2. The fraction of sp³-hybridized carbons (Fsp3) is 0.429. The molecule has 104 valence electrons. The predicted octanol–water partition coefficient (Wildman–Crippen LogP) is 2.91. The second kappa shape index (κ2) is 9.33. The molecule has 0 aromatic heterocycles. The van der Waals surface area contributed by atoms with Crippen molar-refractivity contribution in [2.45, 2.75) is 26.4 Å². The van der Waals surface area contributed by atoms with Crippen molar-refractivity contribution in [3.05, 3.63) is 29.8 Å². The fourth-order valence-corrected chi connectivity index (χ4v) is 1.50. The summed E-state index contributed by atoms with van der Waals surface area (Å²) in [5.74, 6) is 0.827. The number of nitrogens with zero attached hydrogens (tertiary/aromatic N) is 1. The van der Waals surface area contributed by atoms with Crippen LogP contribution in [0.25, 0.3) is 0 Å². The number of methoxy groups -OCH3 is 1. The molecule has 0 bridgehead atoms. The molecule has 0 heterocycles. The van der Waals surface area contributed by atoms with E-state index in [9.17, 15) is 0 Å². The van der Waals surface area contributed by atoms with Crippen molar-refractivity contribution in [1.29, 1.82) is 0 Å². The van der Waals surface area contributed by atoms with E-state index in [4.69, 9.17) is 21.8 Å². The average molecular weight is 280 g/mol. The highest BCUT2D eigenvalue weighted by Crippen LogP contribution is 2.11. The van der Waals surface area contributed by atoms with Gasteiger partial charge >= 0.3 is 0 Å². The van der Waals surface area contributed by atoms with E-state index in [1.54, 1.807) is 7.11 Å². The molecule has 0 aliphatic heterocycles. The molecule has 5 heteroatoms. The monoisotopic (exact) mass is 280 g/mol. The predicted molar refractivity (Wildman–Crippen MR) is 81.8 cm³/mol. The third-order valence-corrected chi connectivity index (χ3v) is 2.71. The van der Waals surface area contributed by atoms with Crippen molar-refractivity contribution < 1.29 is 9.57 Å². The van der Waals surface area contributed by atoms with Gasteiger partial charge in [0.15, 0.2) is 0 Å². The van der Waals surface area contributed by atoms with E-state index in [1.807, 2.05) is 24.3 Å². The zero-order valence-electron chi connectivity index (χ0n) is 11.4. The normalized spacial score (nSPS) is 10.4. The minimum Gasteiger partial charge on any atom is -0.497 e. The number of thiocarbonyl (C=S) groups is 1. The molecule has 1 aromatic rings. The second-order valence-corrected chi connectivity index (χ2v) is 4.44. The lowest BCUT2D eigenvalue weighted by atomic mass is 10.2. The molecular formula is C14H20N2O2S. The molecule has 0 saturated heterocycles. The van der Waals surface area contributed by atoms with Gasteiger partial charge in [-0.25, -0.2) is 0 Å². The number of rotatable bonds is 8. The SMILES string of the molecule is CCCCNC(=S)/C=N/OCc1ccc(OC)cc1. The van der Waals surface area contributed by atoms with Crippen molar-refractivity contribution in [3.8, 4) is 5.75 Å². The van der Waals surface area contributed by atoms with E-state index in [-0.39, 0.29) is 0 Å². The van der Waals surface area contributed by atoms with Gasteiger partial charge in [0.25, 0.3) is 0 Å². The van der Waals surface area contributed by atoms with Crippen LogP contribution in [0.5, 0.6) is 5.75 Å². The number of nitrogens with one attached hydrogen (secondary N) is 1. The molecule has 0 spiro atoms. The second-order valence-electron chi connectivity index (χ2n) is 4.00. The summed E-state index contributed by atoms with van der Waals surface area (Å²) < 4.78 is 5.08. The first-order valence-electron chi connectivity index (χ1n) is 6.32. The maximum Gasteiger partial charge on any atom is 0.142 e. The third kappa shape index (κ3) is 6.76. The Bertz CT molecular complexity index is 404. The number of unbranched alkanes of at least 4 members (excludes halogenated alkanes) is 1. The Balaban J connectivity index is 2.23. The van der Waals surface area contributed by atoms with E-state index in [0.29, 0.717) is 11.6 Å². The molecule has 0 aliphatic rings. The van der Waals surface area contributed by atoms with E-state index in [0.717, 1.165) is 30.7 Å². The Kier molecular flexibility index (Phi) is 7.58. The Morgan fingerprint density at radius 1 is 1.37 bits per heavy atom. The van der Waals surface area contributed by atoms with Crippen molar-refractivity contribution >= 4 is 23.4 Å². The van der Waals surface area contributed by atoms with Gasteiger partial charge in [0.05, 0.1) is 7.11 Å². The van der Waals surface area contributed by atoms with Gasteiger partial charge in [-0.1, -0.05) is 42.9 Å². The summed E-state index contributed by atoms with van der Waals surface area (Å²) in [5.41, 5.74) is 1.03. The Morgan fingerprint density at radius 3 is 2.74 bits per heavy atom. The Labute approximate surface area is 119 Å². The molecule has 0 fully saturated rings. The minimum absolute atomic E-state index is 0.415. The van der Waals surface area contributed by atoms with Crippen LogP contribution in [0.3, 0.4) is 0 Å². The first kappa shape index (κ1) is 15.4. The Morgan fingerprint density at radius 2 is 2.11 bits per heavy atom. The number of ether oxygens (including phenoxy) is 1. The highest BCUT2D eigenvalue weighted by molar-refractivity contribution is 7.81. The van der Waals surface area contributed by atoms with Crippen molar-refractivity contribution in [2.24, 2.45) is 5.16 Å². The standard InChI is InChI=1S/C14H20N2O2S/c1-3-4-9-15-14(19)10-16-18-11-12-5-7-13(17-2)8-6-12/h5-8,10H,3-4,9,11H2,1-2H3,(H,15,19)/b16-10+. The maximum absolute atomic E-state index is 5.17. The van der Waals surface area contributed by atoms with Crippen molar-refractivity contribution in [3.63, 3.8) is 0 Å². The average Bonchev–Trinajstić information content (AvgIpc) is 2.44. The molecule has 0 saturated carbocycles. The van der Waals surface area contributed by atoms with E-state index < -0.39 is 0 Å². The summed E-state index contributed by atoms with van der Waals surface area (Å²) >= 11 is 5.07. The highest BCUT2D eigenvalue weighted by Gasteiger charge is 1.94. The Hall–Kier alpha value is -1.62. The summed E-state index contributed by atoms with van der Waals surface area (Å²) in [6, 6.07) is 7.65. The molecule has 1 N–H and O–H groups in total. The summed E-state index contributed by atoms with van der Waals surface area (Å²) in [4.78, 5) is 5.77. The van der Waals surface area contributed by atoms with Crippen LogP contribution in [-0.4, -0.2) is 24.9 Å². The van der Waals surface area contributed by atoms with Crippen LogP contribution in [-0.2, 0) is 11.4 Å². The number of oxime groups is 1. The van der Waals surface area contributed by atoms with Gasteiger partial charge in [-0.3, -0.25) is 0 Å². The molecule has 0 amide bonds. The first-order chi connectivity index (χ1) is 9.26. The molecule has 0 unspecified atom stereocenters. The van der Waals surface area contributed by atoms with Crippen LogP contribution in [0, 0.1) is 0 Å². The lowest BCUT2D eigenvalue weighted by molar-refractivity contribution is 0.132. The number of hydrogen-bond donors (Lipinski definition) is 1. The lowest BCUT2D eigenvalue weighted by Crippen LogP contribution is -2.23. The van der Waals surface area contributed by atoms with Crippen LogP contribution in [0.15, 0.2) is 29.4 Å². The molecule has 0 radical (unpaired) electrons. The third-order valence-electron chi connectivity index (χ3n) is 2.46. The van der Waals surface area contributed by atoms with Gasteiger partial charge in [-0.2, -0.15) is 0 Å². The summed E-state index contributed by atoms with van der Waals surface area (Å²) in [5, 5.41) is 6.91. The van der Waals surface area contributed by atoms with Gasteiger partial charge in [0, 0.05) is 6.54 Å². The quantitative estimate of drug-likeness (QED) is 0.344. The van der Waals surface area contributed by atoms with Gasteiger partial charge in [0.2, 0.25) is 0 Å². The molecule has 1 rings (SSSR count). The van der Waals surface area contributed by atoms with Crippen LogP contribution in [0.4, 0.5) is 0 Å². The first-order valence-corrected chi connectivity index (χ1v) is 6.73. The minimum atomic E-state index is 0.415. The van der Waals surface area contributed by atoms with Crippen LogP contribution < -0.4 is 10.1 Å². The zero-order chi connectivity index (χ0) is 13.9. The number of benzene rings is 1. The van der Waals surface area contributed by atoms with Gasteiger partial charge in [-0.05, 0) is 24.1 Å². The van der Waals surface area contributed by atoms with Gasteiger partial charge in [-0.15, -0.1) is 0 Å². The largest absolute Gasteiger partial charge is 0.497 e. The van der Waals surface area contributed by atoms with E-state index in [1.165, 1.54) is 6.21 Å². The maximum atomic E-state index is 5.17. The molecule has 19 heavy (non-hydrogen) atoms. The summed E-state index contributed by atoms with van der Waals surface area (Å²) in [7, 11) is 1.64. The van der Waals surface area contributed by atoms with Crippen LogP contribution in [0.1, 0.15) is 25.3 Å². The molecule has 1 aromatic carbocycles. The van der Waals surface area contributed by atoms with Gasteiger partial charge < -0.3 is 14.9 Å². The van der Waals surface area contributed by atoms with Gasteiger partial charge in [0.1, 0.15) is 23.6 Å². The molecule has 4 nitrogen and oxygen atoms in total. The van der Waals surface area contributed by atoms with E-state index >= 15 is 0 Å². The van der Waals surface area contributed by atoms with Crippen molar-refractivity contribution in [1.82, 2.24) is 5.32 Å². The molecule has 0 aliphatic carbocycles. The van der Waals surface area contributed by atoms with Crippen molar-refractivity contribution in [2.75, 3.05) is 13.7 Å². The van der Waals surface area contributed by atoms with Crippen LogP contribution >= 0.6 is 12.2 Å². The summed E-state index contributed by atoms with van der Waals surface area (Å²) in [6.45, 7) is 3.43.